The Hall–Kier alpha value is -4.88. The molecule has 34 heavy (non-hydrogen) atoms. The lowest BCUT2D eigenvalue weighted by Crippen LogP contribution is -2.24. The van der Waals surface area contributed by atoms with E-state index in [-0.39, 0.29) is 0 Å². The van der Waals surface area contributed by atoms with E-state index in [1.54, 1.807) is 6.20 Å². The van der Waals surface area contributed by atoms with E-state index >= 15 is 0 Å². The molecule has 1 aromatic heterocycles. The van der Waals surface area contributed by atoms with Crippen LogP contribution in [-0.2, 0) is 0 Å². The zero-order valence-corrected chi connectivity index (χ0v) is 18.3. The highest BCUT2D eigenvalue weighted by Gasteiger charge is 2.30. The molecule has 6 rings (SSSR count). The predicted octanol–water partition coefficient (Wildman–Crippen LogP) is 7.87. The first kappa shape index (κ1) is 19.8. The first-order valence-corrected chi connectivity index (χ1v) is 11.1. The van der Waals surface area contributed by atoms with Crippen molar-refractivity contribution in [2.45, 2.75) is 0 Å². The lowest BCUT2D eigenvalue weighted by molar-refractivity contribution is 1.17. The number of nitriles is 1. The number of benzene rings is 4. The fourth-order valence-electron chi connectivity index (χ4n) is 4.63. The van der Waals surface area contributed by atoms with E-state index in [1.165, 1.54) is 0 Å². The number of fused-ring (bicyclic) bond motifs is 2. The van der Waals surface area contributed by atoms with Crippen molar-refractivity contribution < 1.29 is 0 Å². The summed E-state index contributed by atoms with van der Waals surface area (Å²) < 4.78 is 0. The van der Waals surface area contributed by atoms with Crippen LogP contribution in [-0.4, -0.2) is 4.98 Å². The van der Waals surface area contributed by atoms with Crippen LogP contribution in [0.1, 0.15) is 5.69 Å². The first-order valence-electron chi connectivity index (χ1n) is 11.1. The zero-order chi connectivity index (χ0) is 22.9. The average molecular weight is 437 g/mol. The van der Waals surface area contributed by atoms with E-state index in [0.29, 0.717) is 5.69 Å². The van der Waals surface area contributed by atoms with Crippen molar-refractivity contribution in [3.63, 3.8) is 0 Å². The van der Waals surface area contributed by atoms with Crippen molar-refractivity contribution in [2.24, 2.45) is 0 Å². The second kappa shape index (κ2) is 8.23. The van der Waals surface area contributed by atoms with Gasteiger partial charge in [0, 0.05) is 17.4 Å². The third kappa shape index (κ3) is 3.19. The first-order chi connectivity index (χ1) is 16.8. The summed E-state index contributed by atoms with van der Waals surface area (Å²) in [6, 6.07) is 41.7. The number of nitrogens with zero attached hydrogens (tertiary/aromatic N) is 4. The molecule has 0 N–H and O–H groups in total. The molecule has 0 spiro atoms. The van der Waals surface area contributed by atoms with Gasteiger partial charge in [0.15, 0.2) is 0 Å². The molecule has 4 heteroatoms. The highest BCUT2D eigenvalue weighted by Crippen LogP contribution is 2.55. The van der Waals surface area contributed by atoms with Gasteiger partial charge in [0.1, 0.15) is 11.8 Å². The molecular weight excluding hydrogens is 416 g/mol. The van der Waals surface area contributed by atoms with Crippen LogP contribution >= 0.6 is 0 Å². The van der Waals surface area contributed by atoms with Crippen molar-refractivity contribution in [1.82, 2.24) is 4.98 Å². The Morgan fingerprint density at radius 2 is 1.09 bits per heavy atom. The van der Waals surface area contributed by atoms with Crippen LogP contribution in [0, 0.1) is 11.3 Å². The van der Waals surface area contributed by atoms with Crippen molar-refractivity contribution in [3.8, 4) is 17.2 Å². The Kier molecular flexibility index (Phi) is 4.79. The van der Waals surface area contributed by atoms with Crippen LogP contribution in [0.25, 0.3) is 11.1 Å². The molecule has 0 atom stereocenters. The second-order valence-electron chi connectivity index (χ2n) is 8.04. The molecule has 5 aromatic rings. The third-order valence-electron chi connectivity index (χ3n) is 6.07. The number of hydrogen-bond acceptors (Lipinski definition) is 4. The van der Waals surface area contributed by atoms with Gasteiger partial charge >= 0.3 is 0 Å². The van der Waals surface area contributed by atoms with Crippen molar-refractivity contribution in [2.75, 3.05) is 9.80 Å². The average Bonchev–Trinajstić information content (AvgIpc) is 2.92. The predicted molar refractivity (Wildman–Crippen MR) is 137 cm³/mol. The molecule has 2 heterocycles. The van der Waals surface area contributed by atoms with Crippen LogP contribution in [0.5, 0.6) is 0 Å². The quantitative estimate of drug-likeness (QED) is 0.283. The van der Waals surface area contributed by atoms with E-state index in [4.69, 9.17) is 0 Å². The molecule has 1 aliphatic heterocycles. The summed E-state index contributed by atoms with van der Waals surface area (Å²) in [6.45, 7) is 0. The SMILES string of the molecule is N#Cc1cc(-c2ccccc2N2c3ccccc3N(c3ccccc3)c3ccccc32)ccn1. The molecule has 160 valence electrons. The van der Waals surface area contributed by atoms with Gasteiger partial charge in [-0.25, -0.2) is 4.98 Å². The summed E-state index contributed by atoms with van der Waals surface area (Å²) in [5, 5.41) is 9.40. The number of hydrogen-bond donors (Lipinski definition) is 0. The third-order valence-corrected chi connectivity index (χ3v) is 6.07. The van der Waals surface area contributed by atoms with Crippen LogP contribution in [0.3, 0.4) is 0 Å². The summed E-state index contributed by atoms with van der Waals surface area (Å²) in [6.07, 6.45) is 1.69. The molecule has 0 saturated carbocycles. The second-order valence-corrected chi connectivity index (χ2v) is 8.04. The molecule has 0 radical (unpaired) electrons. The van der Waals surface area contributed by atoms with E-state index < -0.39 is 0 Å². The lowest BCUT2D eigenvalue weighted by atomic mass is 9.99. The maximum absolute atomic E-state index is 9.40. The van der Waals surface area contributed by atoms with Gasteiger partial charge in [-0.3, -0.25) is 0 Å². The number of para-hydroxylation sites is 6. The Morgan fingerprint density at radius 3 is 1.71 bits per heavy atom. The standard InChI is InChI=1S/C30H20N4/c31-21-23-20-22(18-19-32-23)25-12-4-5-13-26(25)34-29-16-8-6-14-27(29)33(24-10-2-1-3-11-24)28-15-7-9-17-30(28)34/h1-20H. The molecule has 1 aliphatic rings. The highest BCUT2D eigenvalue weighted by molar-refractivity contribution is 6.03. The van der Waals surface area contributed by atoms with E-state index in [0.717, 1.165) is 45.3 Å². The fourth-order valence-corrected chi connectivity index (χ4v) is 4.63. The number of anilines is 6. The lowest BCUT2D eigenvalue weighted by Gasteiger charge is -2.40. The van der Waals surface area contributed by atoms with Crippen molar-refractivity contribution in [3.05, 3.63) is 127 Å². The summed E-state index contributed by atoms with van der Waals surface area (Å²) in [5.74, 6) is 0. The monoisotopic (exact) mass is 436 g/mol. The van der Waals surface area contributed by atoms with Crippen LogP contribution in [0.2, 0.25) is 0 Å². The molecule has 0 bridgehead atoms. The summed E-state index contributed by atoms with van der Waals surface area (Å²) in [5.41, 5.74) is 8.96. The molecule has 0 saturated heterocycles. The molecule has 4 aromatic carbocycles. The fraction of sp³-hybridized carbons (Fsp3) is 0. The molecule has 0 aliphatic carbocycles. The highest BCUT2D eigenvalue weighted by atomic mass is 15.3. The Morgan fingerprint density at radius 1 is 0.559 bits per heavy atom. The van der Waals surface area contributed by atoms with Gasteiger partial charge in [-0.05, 0) is 60.2 Å². The number of pyridine rings is 1. The van der Waals surface area contributed by atoms with Crippen molar-refractivity contribution >= 4 is 34.1 Å². The van der Waals surface area contributed by atoms with Crippen molar-refractivity contribution in [1.29, 1.82) is 5.26 Å². The zero-order valence-electron chi connectivity index (χ0n) is 18.3. The molecule has 0 unspecified atom stereocenters. The van der Waals surface area contributed by atoms with E-state index in [9.17, 15) is 5.26 Å². The Labute approximate surface area is 198 Å². The van der Waals surface area contributed by atoms with Gasteiger partial charge in [0.2, 0.25) is 0 Å². The van der Waals surface area contributed by atoms with Gasteiger partial charge in [0.25, 0.3) is 0 Å². The molecule has 0 fully saturated rings. The maximum atomic E-state index is 9.40. The van der Waals surface area contributed by atoms with E-state index in [2.05, 4.69) is 112 Å². The van der Waals surface area contributed by atoms with E-state index in [1.807, 2.05) is 24.3 Å². The van der Waals surface area contributed by atoms with Gasteiger partial charge in [-0.2, -0.15) is 5.26 Å². The van der Waals surface area contributed by atoms with Gasteiger partial charge in [-0.15, -0.1) is 0 Å². The Bertz CT molecular complexity index is 1490. The van der Waals surface area contributed by atoms with Gasteiger partial charge in [-0.1, -0.05) is 60.7 Å². The normalized spacial score (nSPS) is 12.0. The number of aromatic nitrogens is 1. The smallest absolute Gasteiger partial charge is 0.141 e. The summed E-state index contributed by atoms with van der Waals surface area (Å²) in [4.78, 5) is 8.78. The van der Waals surface area contributed by atoms with Crippen LogP contribution in [0.15, 0.2) is 121 Å². The maximum Gasteiger partial charge on any atom is 0.141 e. The van der Waals surface area contributed by atoms with Gasteiger partial charge in [0.05, 0.1) is 28.4 Å². The minimum Gasteiger partial charge on any atom is -0.306 e. The Balaban J connectivity index is 1.61. The van der Waals surface area contributed by atoms with Crippen LogP contribution in [0.4, 0.5) is 34.1 Å². The molecule has 0 amide bonds. The largest absolute Gasteiger partial charge is 0.306 e. The molecular formula is C30H20N4. The van der Waals surface area contributed by atoms with Crippen LogP contribution < -0.4 is 9.80 Å². The topological polar surface area (TPSA) is 43.2 Å². The minimum atomic E-state index is 0.405. The van der Waals surface area contributed by atoms with Gasteiger partial charge < -0.3 is 9.80 Å². The minimum absolute atomic E-state index is 0.405. The number of rotatable bonds is 3. The molecule has 4 nitrogen and oxygen atoms in total. The summed E-state index contributed by atoms with van der Waals surface area (Å²) >= 11 is 0. The summed E-state index contributed by atoms with van der Waals surface area (Å²) in [7, 11) is 0.